The molecule has 1 amide bonds. The summed E-state index contributed by atoms with van der Waals surface area (Å²) in [5.41, 5.74) is 3.71. The van der Waals surface area contributed by atoms with Crippen molar-refractivity contribution in [1.82, 2.24) is 0 Å². The number of nitro groups is 1. The number of hydrogen-bond acceptors (Lipinski definition) is 4. The first-order valence-electron chi connectivity index (χ1n) is 6.01. The minimum Gasteiger partial charge on any atom is -0.325 e. The van der Waals surface area contributed by atoms with E-state index in [-0.39, 0.29) is 5.69 Å². The topological polar surface area (TPSA) is 98.3 Å². The van der Waals surface area contributed by atoms with Crippen molar-refractivity contribution in [3.05, 3.63) is 34.1 Å². The van der Waals surface area contributed by atoms with Crippen molar-refractivity contribution in [1.29, 1.82) is 0 Å². The number of nitrogens with two attached hydrogens (primary N) is 1. The molecule has 20 heavy (non-hydrogen) atoms. The zero-order valence-corrected chi connectivity index (χ0v) is 11.9. The highest BCUT2D eigenvalue weighted by Gasteiger charge is 2.40. The van der Waals surface area contributed by atoms with Gasteiger partial charge in [-0.2, -0.15) is 4.39 Å². The van der Waals surface area contributed by atoms with Crippen molar-refractivity contribution in [3.8, 4) is 0 Å². The van der Waals surface area contributed by atoms with Crippen LogP contribution >= 0.6 is 0 Å². The summed E-state index contributed by atoms with van der Waals surface area (Å²) in [6, 6.07) is 3.18. The van der Waals surface area contributed by atoms with Crippen molar-refractivity contribution in [2.75, 3.05) is 5.32 Å². The summed E-state index contributed by atoms with van der Waals surface area (Å²) in [5, 5.41) is 13.2. The fourth-order valence-corrected chi connectivity index (χ4v) is 1.31. The molecule has 0 radical (unpaired) electrons. The molecule has 0 aromatic heterocycles. The van der Waals surface area contributed by atoms with E-state index in [0.29, 0.717) is 0 Å². The largest absolute Gasteiger partial charge is 0.325 e. The quantitative estimate of drug-likeness (QED) is 0.655. The maximum Gasteiger partial charge on any atom is 0.306 e. The van der Waals surface area contributed by atoms with E-state index in [2.05, 4.69) is 5.32 Å². The number of nitrogens with zero attached hydrogens (tertiary/aromatic N) is 1. The van der Waals surface area contributed by atoms with E-state index in [9.17, 15) is 19.3 Å². The Labute approximate surface area is 116 Å². The molecule has 0 spiro atoms. The number of hydrogen-bond donors (Lipinski definition) is 2. The van der Waals surface area contributed by atoms with Crippen LogP contribution in [0.1, 0.15) is 27.7 Å². The van der Waals surface area contributed by atoms with E-state index in [0.717, 1.165) is 12.1 Å². The first-order chi connectivity index (χ1) is 8.96. The van der Waals surface area contributed by atoms with Gasteiger partial charge < -0.3 is 11.1 Å². The average Bonchev–Trinajstić information content (AvgIpc) is 2.29. The van der Waals surface area contributed by atoms with Gasteiger partial charge in [0.2, 0.25) is 11.7 Å². The summed E-state index contributed by atoms with van der Waals surface area (Å²) >= 11 is 0. The van der Waals surface area contributed by atoms with Gasteiger partial charge in [0, 0.05) is 17.3 Å². The Bertz CT molecular complexity index is 550. The number of carbonyl (C=O) groups excluding carboxylic acids is 1. The van der Waals surface area contributed by atoms with Gasteiger partial charge >= 0.3 is 5.69 Å². The van der Waals surface area contributed by atoms with E-state index in [1.54, 1.807) is 27.7 Å². The van der Waals surface area contributed by atoms with Gasteiger partial charge in [0.25, 0.3) is 0 Å². The van der Waals surface area contributed by atoms with Crippen LogP contribution in [0.2, 0.25) is 0 Å². The molecular weight excluding hydrogens is 265 g/mol. The Balaban J connectivity index is 3.03. The van der Waals surface area contributed by atoms with Crippen molar-refractivity contribution in [2.45, 2.75) is 33.2 Å². The average molecular weight is 283 g/mol. The van der Waals surface area contributed by atoms with E-state index in [1.807, 2.05) is 0 Å². The summed E-state index contributed by atoms with van der Waals surface area (Å²) in [5.74, 6) is -1.35. The summed E-state index contributed by atoms with van der Waals surface area (Å²) in [6.07, 6.45) is 0. The van der Waals surface area contributed by atoms with Crippen LogP contribution in [0.4, 0.5) is 15.8 Å². The predicted molar refractivity (Wildman–Crippen MR) is 73.7 cm³/mol. The second-order valence-electron chi connectivity index (χ2n) is 5.72. The zero-order chi connectivity index (χ0) is 15.7. The zero-order valence-electron chi connectivity index (χ0n) is 11.9. The molecule has 0 fully saturated rings. The molecule has 0 aliphatic heterocycles. The highest BCUT2D eigenvalue weighted by atomic mass is 19.1. The third-order valence-electron chi connectivity index (χ3n) is 3.58. The van der Waals surface area contributed by atoms with Crippen LogP contribution in [0.15, 0.2) is 18.2 Å². The molecule has 1 aromatic rings. The number of anilines is 1. The van der Waals surface area contributed by atoms with Crippen LogP contribution in [0.25, 0.3) is 0 Å². The molecule has 1 aromatic carbocycles. The molecule has 0 unspecified atom stereocenters. The fraction of sp³-hybridized carbons (Fsp3) is 0.462. The number of rotatable bonds is 4. The van der Waals surface area contributed by atoms with Crippen molar-refractivity contribution in [3.63, 3.8) is 0 Å². The van der Waals surface area contributed by atoms with E-state index in [4.69, 9.17) is 5.73 Å². The minimum atomic E-state index is -0.952. The Hall–Kier alpha value is -2.02. The molecule has 110 valence electrons. The van der Waals surface area contributed by atoms with Crippen LogP contribution in [-0.4, -0.2) is 16.4 Å². The van der Waals surface area contributed by atoms with Gasteiger partial charge in [-0.25, -0.2) is 0 Å². The third-order valence-corrected chi connectivity index (χ3v) is 3.58. The molecule has 0 aliphatic carbocycles. The number of nitrogens with one attached hydrogen (secondary N) is 1. The van der Waals surface area contributed by atoms with Gasteiger partial charge in [-0.3, -0.25) is 14.9 Å². The van der Waals surface area contributed by atoms with Crippen LogP contribution in [0.3, 0.4) is 0 Å². The lowest BCUT2D eigenvalue weighted by molar-refractivity contribution is -0.387. The predicted octanol–water partition coefficient (Wildman–Crippen LogP) is 2.44. The van der Waals surface area contributed by atoms with E-state index in [1.165, 1.54) is 6.07 Å². The molecule has 0 heterocycles. The van der Waals surface area contributed by atoms with Gasteiger partial charge in [-0.05, 0) is 39.8 Å². The Morgan fingerprint density at radius 2 is 1.90 bits per heavy atom. The third kappa shape index (κ3) is 3.11. The van der Waals surface area contributed by atoms with Gasteiger partial charge in [-0.1, -0.05) is 0 Å². The van der Waals surface area contributed by atoms with Crippen molar-refractivity contribution >= 4 is 17.3 Å². The molecule has 6 nitrogen and oxygen atoms in total. The van der Waals surface area contributed by atoms with Crippen LogP contribution in [0.5, 0.6) is 0 Å². The van der Waals surface area contributed by atoms with E-state index < -0.39 is 33.3 Å². The summed E-state index contributed by atoms with van der Waals surface area (Å²) < 4.78 is 13.2. The van der Waals surface area contributed by atoms with E-state index >= 15 is 0 Å². The molecule has 0 bridgehead atoms. The lowest BCUT2D eigenvalue weighted by atomic mass is 9.74. The number of amides is 1. The lowest BCUT2D eigenvalue weighted by Gasteiger charge is -2.36. The molecule has 0 saturated heterocycles. The molecule has 7 heteroatoms. The number of halogens is 1. The molecule has 0 atom stereocenters. The monoisotopic (exact) mass is 283 g/mol. The second-order valence-corrected chi connectivity index (χ2v) is 5.72. The summed E-state index contributed by atoms with van der Waals surface area (Å²) in [7, 11) is 0. The summed E-state index contributed by atoms with van der Waals surface area (Å²) in [4.78, 5) is 22.0. The highest BCUT2D eigenvalue weighted by Crippen LogP contribution is 2.30. The van der Waals surface area contributed by atoms with Crippen LogP contribution < -0.4 is 11.1 Å². The first-order valence-corrected chi connectivity index (χ1v) is 6.01. The maximum atomic E-state index is 13.2. The second kappa shape index (κ2) is 5.16. The molecule has 3 N–H and O–H groups in total. The van der Waals surface area contributed by atoms with Crippen molar-refractivity contribution < 1.29 is 14.1 Å². The maximum absolute atomic E-state index is 13.2. The summed E-state index contributed by atoms with van der Waals surface area (Å²) in [6.45, 7) is 6.75. The number of benzene rings is 1. The lowest BCUT2D eigenvalue weighted by Crippen LogP contribution is -2.53. The minimum absolute atomic E-state index is 0.153. The standard InChI is InChI=1S/C13H18FN3O3/c1-12(2,13(3,4)15)11(18)16-8-5-6-9(14)10(7-8)17(19)20/h5-7H,15H2,1-4H3,(H,16,18). The fourth-order valence-electron chi connectivity index (χ4n) is 1.31. The van der Waals surface area contributed by atoms with Gasteiger partial charge in [-0.15, -0.1) is 0 Å². The highest BCUT2D eigenvalue weighted by molar-refractivity contribution is 5.96. The number of nitro benzene ring substituents is 1. The normalized spacial score (nSPS) is 12.1. The Kier molecular flexibility index (Phi) is 4.14. The molecule has 0 aliphatic rings. The SMILES string of the molecule is CC(C)(N)C(C)(C)C(=O)Nc1ccc(F)c([N+](=O)[O-])c1. The first kappa shape index (κ1) is 16.0. The molecule has 0 saturated carbocycles. The molecular formula is C13H18FN3O3. The van der Waals surface area contributed by atoms with Crippen LogP contribution in [-0.2, 0) is 4.79 Å². The Morgan fingerprint density at radius 1 is 1.35 bits per heavy atom. The number of carbonyl (C=O) groups is 1. The van der Waals surface area contributed by atoms with Gasteiger partial charge in [0.15, 0.2) is 0 Å². The molecule has 1 rings (SSSR count). The van der Waals surface area contributed by atoms with Gasteiger partial charge in [0.1, 0.15) is 0 Å². The van der Waals surface area contributed by atoms with Gasteiger partial charge in [0.05, 0.1) is 10.3 Å². The van der Waals surface area contributed by atoms with Crippen LogP contribution in [0, 0.1) is 21.3 Å². The smallest absolute Gasteiger partial charge is 0.306 e. The Morgan fingerprint density at radius 3 is 2.35 bits per heavy atom. The van der Waals surface area contributed by atoms with Crippen molar-refractivity contribution in [2.24, 2.45) is 11.1 Å².